The molecule has 1 aliphatic rings. The van der Waals surface area contributed by atoms with Crippen LogP contribution in [-0.4, -0.2) is 60.6 Å². The lowest BCUT2D eigenvalue weighted by molar-refractivity contribution is -0.133. The number of nitrogens with one attached hydrogen (secondary N) is 2. The summed E-state index contributed by atoms with van der Waals surface area (Å²) in [7, 11) is 2.03. The highest BCUT2D eigenvalue weighted by molar-refractivity contribution is 5.90. The summed E-state index contributed by atoms with van der Waals surface area (Å²) in [5, 5.41) is 6.18. The van der Waals surface area contributed by atoms with Crippen molar-refractivity contribution in [2.75, 3.05) is 20.3 Å². The summed E-state index contributed by atoms with van der Waals surface area (Å²) >= 11 is 0. The minimum atomic E-state index is -0.689. The number of likely N-dealkylation sites (N-methyl/N-ethyl adjacent to an activating group) is 1. The minimum absolute atomic E-state index is 0.102. The Hall–Kier alpha value is -2.90. The van der Waals surface area contributed by atoms with Gasteiger partial charge in [0.25, 0.3) is 0 Å². The number of benzene rings is 2. The molecule has 0 saturated carbocycles. The number of hydrogen-bond donors (Lipinski definition) is 2. The third-order valence-electron chi connectivity index (χ3n) is 7.00. The molecule has 1 aliphatic heterocycles. The lowest BCUT2D eigenvalue weighted by atomic mass is 9.97. The second kappa shape index (κ2) is 14.5. The van der Waals surface area contributed by atoms with Gasteiger partial charge in [-0.15, -0.1) is 0 Å². The number of carbonyl (C=O) groups excluding carboxylic acids is 2. The number of rotatable bonds is 12. The van der Waals surface area contributed by atoms with Gasteiger partial charge in [-0.2, -0.15) is 0 Å². The SMILES string of the molecule is CC(C)C[C@@H](C(=O)N[C@@H](Cc1ccc(OCc2ccccc2)cc1)C(=O)NC(C)(C)C)N(C)C1CCOCC1. The van der Waals surface area contributed by atoms with Gasteiger partial charge in [0, 0.05) is 31.2 Å². The largest absolute Gasteiger partial charge is 0.489 e. The van der Waals surface area contributed by atoms with Crippen LogP contribution in [0.3, 0.4) is 0 Å². The molecule has 0 radical (unpaired) electrons. The van der Waals surface area contributed by atoms with Crippen molar-refractivity contribution in [2.45, 2.75) is 90.6 Å². The number of nitrogens with zero attached hydrogens (tertiary/aromatic N) is 1. The van der Waals surface area contributed by atoms with E-state index in [9.17, 15) is 9.59 Å². The maximum atomic E-state index is 13.7. The smallest absolute Gasteiger partial charge is 0.243 e. The van der Waals surface area contributed by atoms with Crippen LogP contribution in [0.25, 0.3) is 0 Å². The Morgan fingerprint density at radius 3 is 2.21 bits per heavy atom. The van der Waals surface area contributed by atoms with Crippen molar-refractivity contribution >= 4 is 11.8 Å². The Labute approximate surface area is 234 Å². The first-order chi connectivity index (χ1) is 18.5. The Kier molecular flexibility index (Phi) is 11.4. The fraction of sp³-hybridized carbons (Fsp3) is 0.562. The average molecular weight is 538 g/mol. The molecule has 2 aromatic rings. The molecule has 2 aromatic carbocycles. The molecule has 1 heterocycles. The molecule has 0 spiro atoms. The molecule has 2 N–H and O–H groups in total. The van der Waals surface area contributed by atoms with E-state index in [0.717, 1.165) is 36.1 Å². The maximum absolute atomic E-state index is 13.7. The van der Waals surface area contributed by atoms with E-state index in [0.29, 0.717) is 38.2 Å². The van der Waals surface area contributed by atoms with Gasteiger partial charge in [-0.05, 0) is 76.3 Å². The number of amides is 2. The van der Waals surface area contributed by atoms with Gasteiger partial charge in [0.15, 0.2) is 0 Å². The molecular formula is C32H47N3O4. The number of carbonyl (C=O) groups is 2. The van der Waals surface area contributed by atoms with Crippen molar-refractivity contribution < 1.29 is 19.1 Å². The van der Waals surface area contributed by atoms with Crippen LogP contribution in [0.5, 0.6) is 5.75 Å². The molecule has 0 bridgehead atoms. The van der Waals surface area contributed by atoms with Crippen LogP contribution in [0, 0.1) is 5.92 Å². The average Bonchev–Trinajstić information content (AvgIpc) is 2.90. The Bertz CT molecular complexity index is 1030. The molecule has 0 unspecified atom stereocenters. The highest BCUT2D eigenvalue weighted by atomic mass is 16.5. The van der Waals surface area contributed by atoms with Crippen LogP contribution >= 0.6 is 0 Å². The fourth-order valence-corrected chi connectivity index (χ4v) is 4.88. The second-order valence-electron chi connectivity index (χ2n) is 12.1. The Balaban J connectivity index is 1.72. The molecule has 1 saturated heterocycles. The van der Waals surface area contributed by atoms with Crippen LogP contribution in [0.2, 0.25) is 0 Å². The summed E-state index contributed by atoms with van der Waals surface area (Å²) in [6, 6.07) is 17.1. The van der Waals surface area contributed by atoms with Crippen LogP contribution in [0.15, 0.2) is 54.6 Å². The van der Waals surface area contributed by atoms with Gasteiger partial charge in [0.05, 0.1) is 6.04 Å². The molecule has 0 aromatic heterocycles. The van der Waals surface area contributed by atoms with Crippen molar-refractivity contribution in [2.24, 2.45) is 5.92 Å². The molecule has 3 rings (SSSR count). The van der Waals surface area contributed by atoms with Crippen molar-refractivity contribution in [1.82, 2.24) is 15.5 Å². The number of hydrogen-bond acceptors (Lipinski definition) is 5. The Morgan fingerprint density at radius 1 is 0.974 bits per heavy atom. The summed E-state index contributed by atoms with van der Waals surface area (Å²) in [4.78, 5) is 29.3. The van der Waals surface area contributed by atoms with E-state index < -0.39 is 11.6 Å². The van der Waals surface area contributed by atoms with Crippen LogP contribution in [0.1, 0.15) is 65.0 Å². The first-order valence-electron chi connectivity index (χ1n) is 14.2. The molecule has 2 atom stereocenters. The maximum Gasteiger partial charge on any atom is 0.243 e. The predicted octanol–water partition coefficient (Wildman–Crippen LogP) is 4.73. The van der Waals surface area contributed by atoms with Gasteiger partial charge in [-0.25, -0.2) is 0 Å². The zero-order chi connectivity index (χ0) is 28.4. The van der Waals surface area contributed by atoms with E-state index in [1.165, 1.54) is 0 Å². The highest BCUT2D eigenvalue weighted by Crippen LogP contribution is 2.21. The van der Waals surface area contributed by atoms with Crippen LogP contribution < -0.4 is 15.4 Å². The normalized spacial score (nSPS) is 16.1. The third kappa shape index (κ3) is 10.3. The van der Waals surface area contributed by atoms with Crippen molar-refractivity contribution in [3.8, 4) is 5.75 Å². The molecule has 214 valence electrons. The molecule has 2 amide bonds. The third-order valence-corrected chi connectivity index (χ3v) is 7.00. The van der Waals surface area contributed by atoms with E-state index in [2.05, 4.69) is 29.4 Å². The molecule has 1 fully saturated rings. The summed E-state index contributed by atoms with van der Waals surface area (Å²) < 4.78 is 11.5. The fourth-order valence-electron chi connectivity index (χ4n) is 4.88. The first-order valence-corrected chi connectivity index (χ1v) is 14.2. The van der Waals surface area contributed by atoms with Crippen molar-refractivity contribution in [3.05, 3.63) is 65.7 Å². The molecule has 39 heavy (non-hydrogen) atoms. The van der Waals surface area contributed by atoms with Gasteiger partial charge in [0.2, 0.25) is 11.8 Å². The summed E-state index contributed by atoms with van der Waals surface area (Å²) in [5.74, 6) is 0.817. The van der Waals surface area contributed by atoms with Crippen molar-refractivity contribution in [1.29, 1.82) is 0 Å². The minimum Gasteiger partial charge on any atom is -0.489 e. The van der Waals surface area contributed by atoms with Gasteiger partial charge >= 0.3 is 0 Å². The topological polar surface area (TPSA) is 79.9 Å². The lowest BCUT2D eigenvalue weighted by Crippen LogP contribution is -2.58. The zero-order valence-electron chi connectivity index (χ0n) is 24.5. The Morgan fingerprint density at radius 2 is 1.62 bits per heavy atom. The zero-order valence-corrected chi connectivity index (χ0v) is 24.5. The standard InChI is InChI=1S/C32H47N3O4/c1-23(2)20-29(35(6)26-16-18-38-19-17-26)31(37)33-28(30(36)34-32(3,4)5)21-24-12-14-27(15-13-24)39-22-25-10-8-7-9-11-25/h7-15,23,26,28-29H,16-22H2,1-6H3,(H,33,37)(H,34,36)/t28-,29-/m0/s1. The molecular weight excluding hydrogens is 490 g/mol. The van der Waals surface area contributed by atoms with E-state index in [-0.39, 0.29) is 17.9 Å². The van der Waals surface area contributed by atoms with Gasteiger partial charge < -0.3 is 20.1 Å². The van der Waals surface area contributed by atoms with E-state index in [4.69, 9.17) is 9.47 Å². The van der Waals surface area contributed by atoms with Gasteiger partial charge in [0.1, 0.15) is 18.4 Å². The summed E-state index contributed by atoms with van der Waals surface area (Å²) in [5.41, 5.74) is 1.64. The first kappa shape index (κ1) is 30.6. The highest BCUT2D eigenvalue weighted by Gasteiger charge is 2.33. The van der Waals surface area contributed by atoms with Crippen LogP contribution in [0.4, 0.5) is 0 Å². The van der Waals surface area contributed by atoms with Crippen molar-refractivity contribution in [3.63, 3.8) is 0 Å². The predicted molar refractivity (Wildman–Crippen MR) is 156 cm³/mol. The van der Waals surface area contributed by atoms with E-state index in [1.54, 1.807) is 0 Å². The molecule has 7 heteroatoms. The quantitative estimate of drug-likeness (QED) is 0.409. The molecule has 0 aliphatic carbocycles. The summed E-state index contributed by atoms with van der Waals surface area (Å²) in [6.07, 6.45) is 2.93. The van der Waals surface area contributed by atoms with E-state index in [1.807, 2.05) is 82.4 Å². The lowest BCUT2D eigenvalue weighted by Gasteiger charge is -2.37. The monoisotopic (exact) mass is 537 g/mol. The number of ether oxygens (including phenoxy) is 2. The molecule has 7 nitrogen and oxygen atoms in total. The summed E-state index contributed by atoms with van der Waals surface area (Å²) in [6.45, 7) is 12.0. The van der Waals surface area contributed by atoms with Gasteiger partial charge in [-0.1, -0.05) is 56.3 Å². The van der Waals surface area contributed by atoms with E-state index >= 15 is 0 Å². The van der Waals surface area contributed by atoms with Gasteiger partial charge in [-0.3, -0.25) is 14.5 Å². The second-order valence-corrected chi connectivity index (χ2v) is 12.1. The van der Waals surface area contributed by atoms with Crippen LogP contribution in [-0.2, 0) is 27.4 Å².